The smallest absolute Gasteiger partial charge is 0.0582 e. The zero-order valence-corrected chi connectivity index (χ0v) is 11.2. The maximum Gasteiger partial charge on any atom is 0.0582 e. The summed E-state index contributed by atoms with van der Waals surface area (Å²) in [4.78, 5) is 0. The molecule has 0 aromatic heterocycles. The summed E-state index contributed by atoms with van der Waals surface area (Å²) in [5, 5.41) is 10.0. The summed E-state index contributed by atoms with van der Waals surface area (Å²) < 4.78 is 0. The van der Waals surface area contributed by atoms with Gasteiger partial charge in [0.05, 0.1) is 6.10 Å². The highest BCUT2D eigenvalue weighted by molar-refractivity contribution is 5.06. The number of rotatable bonds is 0. The first-order chi connectivity index (χ1) is 7.39. The Morgan fingerprint density at radius 1 is 1.19 bits per heavy atom. The van der Waals surface area contributed by atoms with Crippen molar-refractivity contribution in [1.29, 1.82) is 0 Å². The monoisotopic (exact) mass is 222 g/mol. The molecule has 1 rings (SSSR count). The number of allylic oxidation sites excluding steroid dienone is 3. The van der Waals surface area contributed by atoms with Crippen molar-refractivity contribution in [2.45, 2.75) is 65.9 Å². The lowest BCUT2D eigenvalue weighted by Gasteiger charge is -2.26. The van der Waals surface area contributed by atoms with E-state index in [1.165, 1.54) is 11.1 Å². The van der Waals surface area contributed by atoms with Crippen LogP contribution in [-0.4, -0.2) is 11.2 Å². The molecule has 1 heteroatoms. The highest BCUT2D eigenvalue weighted by Gasteiger charge is 2.21. The summed E-state index contributed by atoms with van der Waals surface area (Å²) in [6, 6.07) is 0. The van der Waals surface area contributed by atoms with Gasteiger partial charge in [-0.1, -0.05) is 37.1 Å². The molecule has 1 atom stereocenters. The summed E-state index contributed by atoms with van der Waals surface area (Å²) >= 11 is 0. The molecule has 0 fully saturated rings. The van der Waals surface area contributed by atoms with E-state index in [2.05, 4.69) is 39.8 Å². The van der Waals surface area contributed by atoms with E-state index < -0.39 is 0 Å². The molecule has 0 aromatic carbocycles. The van der Waals surface area contributed by atoms with Gasteiger partial charge in [-0.25, -0.2) is 0 Å². The Hall–Kier alpha value is -0.560. The lowest BCUT2D eigenvalue weighted by atomic mass is 9.82. The van der Waals surface area contributed by atoms with E-state index in [-0.39, 0.29) is 11.5 Å². The maximum atomic E-state index is 10.0. The van der Waals surface area contributed by atoms with Crippen LogP contribution in [0.5, 0.6) is 0 Å². The minimum absolute atomic E-state index is 0.182. The zero-order chi connectivity index (χ0) is 12.2. The third kappa shape index (κ3) is 4.98. The molecule has 0 spiro atoms. The van der Waals surface area contributed by atoms with Gasteiger partial charge in [0.15, 0.2) is 0 Å². The van der Waals surface area contributed by atoms with Gasteiger partial charge in [-0.2, -0.15) is 0 Å². The highest BCUT2D eigenvalue weighted by Crippen LogP contribution is 2.30. The molecule has 92 valence electrons. The lowest BCUT2D eigenvalue weighted by molar-refractivity contribution is 0.115. The SMILES string of the molecule is C/C1=C/CC(C)(C)CC(O)C/C(C)=C\CC1. The Balaban J connectivity index is 2.77. The predicted octanol–water partition coefficient (Wildman–Crippen LogP) is 4.23. The number of hydrogen-bond donors (Lipinski definition) is 1. The summed E-state index contributed by atoms with van der Waals surface area (Å²) in [6.45, 7) is 8.84. The van der Waals surface area contributed by atoms with Gasteiger partial charge >= 0.3 is 0 Å². The van der Waals surface area contributed by atoms with Gasteiger partial charge < -0.3 is 5.11 Å². The van der Waals surface area contributed by atoms with Crippen LogP contribution in [0.2, 0.25) is 0 Å². The molecule has 0 aromatic rings. The standard InChI is InChI=1S/C15H26O/c1-12-6-5-7-13(2)10-14(16)11-15(3,4)9-8-12/h7-8,14,16H,5-6,9-11H2,1-4H3/b12-8-,13-7-. The quantitative estimate of drug-likeness (QED) is 0.608. The van der Waals surface area contributed by atoms with Gasteiger partial charge in [0.2, 0.25) is 0 Å². The average Bonchev–Trinajstić information content (AvgIpc) is 2.14. The Labute approximate surface area is 100 Å². The van der Waals surface area contributed by atoms with Crippen LogP contribution in [0.1, 0.15) is 59.8 Å². The minimum Gasteiger partial charge on any atom is -0.393 e. The Bertz CT molecular complexity index is 284. The van der Waals surface area contributed by atoms with E-state index in [4.69, 9.17) is 0 Å². The first-order valence-corrected chi connectivity index (χ1v) is 6.38. The fourth-order valence-electron chi connectivity index (χ4n) is 2.35. The molecule has 1 aliphatic carbocycles. The van der Waals surface area contributed by atoms with E-state index in [9.17, 15) is 5.11 Å². The molecule has 0 saturated heterocycles. The van der Waals surface area contributed by atoms with Crippen molar-refractivity contribution in [2.75, 3.05) is 0 Å². The van der Waals surface area contributed by atoms with Crippen LogP contribution in [0.15, 0.2) is 23.3 Å². The van der Waals surface area contributed by atoms with Crippen molar-refractivity contribution in [2.24, 2.45) is 5.41 Å². The number of aliphatic hydroxyl groups is 1. The minimum atomic E-state index is -0.182. The van der Waals surface area contributed by atoms with Crippen molar-refractivity contribution in [3.05, 3.63) is 23.3 Å². The topological polar surface area (TPSA) is 20.2 Å². The maximum absolute atomic E-state index is 10.0. The van der Waals surface area contributed by atoms with Gasteiger partial charge in [0.25, 0.3) is 0 Å². The molecule has 16 heavy (non-hydrogen) atoms. The third-order valence-corrected chi connectivity index (χ3v) is 3.38. The van der Waals surface area contributed by atoms with Gasteiger partial charge in [-0.15, -0.1) is 0 Å². The van der Waals surface area contributed by atoms with Gasteiger partial charge in [0.1, 0.15) is 0 Å². The Morgan fingerprint density at radius 2 is 1.88 bits per heavy atom. The fourth-order valence-corrected chi connectivity index (χ4v) is 2.35. The van der Waals surface area contributed by atoms with Crippen LogP contribution in [0.25, 0.3) is 0 Å². The molecule has 0 aliphatic heterocycles. The number of hydrogen-bond acceptors (Lipinski definition) is 1. The highest BCUT2D eigenvalue weighted by atomic mass is 16.3. The Kier molecular flexibility index (Phi) is 4.79. The van der Waals surface area contributed by atoms with Crippen LogP contribution in [0.3, 0.4) is 0 Å². The second-order valence-electron chi connectivity index (χ2n) is 6.07. The van der Waals surface area contributed by atoms with Crippen molar-refractivity contribution in [3.63, 3.8) is 0 Å². The van der Waals surface area contributed by atoms with Crippen LogP contribution in [-0.2, 0) is 0 Å². The molecule has 1 aliphatic rings. The molecule has 1 nitrogen and oxygen atoms in total. The fraction of sp³-hybridized carbons (Fsp3) is 0.733. The molecule has 0 amide bonds. The second-order valence-corrected chi connectivity index (χ2v) is 6.07. The first kappa shape index (κ1) is 13.5. The van der Waals surface area contributed by atoms with Gasteiger partial charge in [-0.3, -0.25) is 0 Å². The van der Waals surface area contributed by atoms with E-state index in [1.54, 1.807) is 0 Å². The predicted molar refractivity (Wildman–Crippen MR) is 70.4 cm³/mol. The molecule has 0 bridgehead atoms. The molecule has 1 unspecified atom stereocenters. The number of aliphatic hydroxyl groups excluding tert-OH is 1. The molecule has 1 N–H and O–H groups in total. The largest absolute Gasteiger partial charge is 0.393 e. The lowest BCUT2D eigenvalue weighted by Crippen LogP contribution is -2.20. The van der Waals surface area contributed by atoms with Gasteiger partial charge in [0, 0.05) is 0 Å². The zero-order valence-electron chi connectivity index (χ0n) is 11.2. The first-order valence-electron chi connectivity index (χ1n) is 6.38. The van der Waals surface area contributed by atoms with Crippen molar-refractivity contribution in [3.8, 4) is 0 Å². The Morgan fingerprint density at radius 3 is 2.56 bits per heavy atom. The van der Waals surface area contributed by atoms with Crippen LogP contribution < -0.4 is 0 Å². The third-order valence-electron chi connectivity index (χ3n) is 3.38. The van der Waals surface area contributed by atoms with Gasteiger partial charge in [-0.05, 0) is 51.4 Å². The molecule has 0 heterocycles. The van der Waals surface area contributed by atoms with Crippen molar-refractivity contribution in [1.82, 2.24) is 0 Å². The van der Waals surface area contributed by atoms with E-state index >= 15 is 0 Å². The summed E-state index contributed by atoms with van der Waals surface area (Å²) in [6.07, 6.45) is 9.52. The average molecular weight is 222 g/mol. The molecule has 0 radical (unpaired) electrons. The molecular formula is C15H26O. The van der Waals surface area contributed by atoms with Crippen LogP contribution in [0.4, 0.5) is 0 Å². The van der Waals surface area contributed by atoms with E-state index in [1.807, 2.05) is 0 Å². The summed E-state index contributed by atoms with van der Waals surface area (Å²) in [5.41, 5.74) is 3.03. The molecule has 0 saturated carbocycles. The second kappa shape index (κ2) is 5.67. The van der Waals surface area contributed by atoms with E-state index in [0.717, 1.165) is 32.1 Å². The van der Waals surface area contributed by atoms with E-state index in [0.29, 0.717) is 0 Å². The van der Waals surface area contributed by atoms with Crippen molar-refractivity contribution < 1.29 is 5.11 Å². The van der Waals surface area contributed by atoms with Crippen LogP contribution >= 0.6 is 0 Å². The normalized spacial score (nSPS) is 34.2. The van der Waals surface area contributed by atoms with Crippen molar-refractivity contribution >= 4 is 0 Å². The van der Waals surface area contributed by atoms with Crippen LogP contribution in [0, 0.1) is 5.41 Å². The summed E-state index contributed by atoms with van der Waals surface area (Å²) in [5.74, 6) is 0. The summed E-state index contributed by atoms with van der Waals surface area (Å²) in [7, 11) is 0. The molecular weight excluding hydrogens is 196 g/mol.